The van der Waals surface area contributed by atoms with E-state index in [2.05, 4.69) is 9.72 Å². The molecular formula is C12H14N2O6. The van der Waals surface area contributed by atoms with E-state index in [-0.39, 0.29) is 18.5 Å². The summed E-state index contributed by atoms with van der Waals surface area (Å²) >= 11 is 0. The second-order valence-corrected chi connectivity index (χ2v) is 4.50. The van der Waals surface area contributed by atoms with E-state index in [0.29, 0.717) is 0 Å². The Hall–Kier alpha value is -2.35. The molecule has 0 radical (unpaired) electrons. The highest BCUT2D eigenvalue weighted by molar-refractivity contribution is 5.97. The Bertz CT molecular complexity index is 596. The number of β-amino-alcohol motifs (C(OH)–C–C–N with tert-alkyl or cyclic N) is 1. The van der Waals surface area contributed by atoms with Crippen LogP contribution >= 0.6 is 0 Å². The molecule has 1 aliphatic rings. The number of aromatic nitrogens is 1. The van der Waals surface area contributed by atoms with Crippen molar-refractivity contribution in [2.45, 2.75) is 18.6 Å². The SMILES string of the molecule is COC(=O)C1CC(O)CN1C(=O)c1cc(O)[nH]c(=O)c1. The fourth-order valence-corrected chi connectivity index (χ4v) is 2.22. The number of carbonyl (C=O) groups is 2. The monoisotopic (exact) mass is 282 g/mol. The standard InChI is InChI=1S/C12H14N2O6/c1-20-12(19)8-4-7(15)5-14(8)11(18)6-2-9(16)13-10(17)3-6/h2-3,7-8,15H,4-5H2,1H3,(H2,13,16,17). The third-order valence-corrected chi connectivity index (χ3v) is 3.09. The van der Waals surface area contributed by atoms with E-state index in [1.165, 1.54) is 7.11 Å². The van der Waals surface area contributed by atoms with Gasteiger partial charge in [0.1, 0.15) is 6.04 Å². The molecule has 2 heterocycles. The minimum atomic E-state index is -0.899. The van der Waals surface area contributed by atoms with Gasteiger partial charge in [-0.25, -0.2) is 4.79 Å². The van der Waals surface area contributed by atoms with Gasteiger partial charge in [0.25, 0.3) is 11.5 Å². The molecule has 2 atom stereocenters. The number of methoxy groups -OCH3 is 1. The number of nitrogens with zero attached hydrogens (tertiary/aromatic N) is 1. The quantitative estimate of drug-likeness (QED) is 0.588. The van der Waals surface area contributed by atoms with Crippen LogP contribution in [0.1, 0.15) is 16.8 Å². The molecule has 1 aromatic rings. The number of aliphatic hydroxyl groups is 1. The second kappa shape index (κ2) is 5.33. The lowest BCUT2D eigenvalue weighted by Gasteiger charge is -2.22. The first-order valence-corrected chi connectivity index (χ1v) is 5.92. The molecule has 0 aliphatic carbocycles. The van der Waals surface area contributed by atoms with Crippen molar-refractivity contribution in [3.05, 3.63) is 28.0 Å². The van der Waals surface area contributed by atoms with Gasteiger partial charge in [0.05, 0.1) is 18.8 Å². The van der Waals surface area contributed by atoms with Crippen molar-refractivity contribution in [3.63, 3.8) is 0 Å². The van der Waals surface area contributed by atoms with Gasteiger partial charge in [-0.3, -0.25) is 14.6 Å². The van der Waals surface area contributed by atoms with Crippen molar-refractivity contribution in [3.8, 4) is 5.88 Å². The fourth-order valence-electron chi connectivity index (χ4n) is 2.22. The van der Waals surface area contributed by atoms with Crippen molar-refractivity contribution in [1.29, 1.82) is 0 Å². The van der Waals surface area contributed by atoms with E-state index in [1.54, 1.807) is 0 Å². The molecule has 1 amide bonds. The summed E-state index contributed by atoms with van der Waals surface area (Å²) in [4.78, 5) is 38.3. The number of aromatic hydroxyl groups is 1. The number of aromatic amines is 1. The van der Waals surface area contributed by atoms with Gasteiger partial charge in [-0.2, -0.15) is 0 Å². The van der Waals surface area contributed by atoms with Crippen LogP contribution in [0.2, 0.25) is 0 Å². The van der Waals surface area contributed by atoms with E-state index in [9.17, 15) is 24.6 Å². The summed E-state index contributed by atoms with van der Waals surface area (Å²) in [5, 5.41) is 18.9. The molecule has 0 spiro atoms. The number of rotatable bonds is 2. The third-order valence-electron chi connectivity index (χ3n) is 3.09. The minimum absolute atomic E-state index is 0.0356. The van der Waals surface area contributed by atoms with Crippen LogP contribution in [-0.2, 0) is 9.53 Å². The summed E-state index contributed by atoms with van der Waals surface area (Å²) in [6, 6.07) is 1.20. The van der Waals surface area contributed by atoms with Gasteiger partial charge in [0, 0.05) is 25.1 Å². The number of likely N-dealkylation sites (tertiary alicyclic amines) is 1. The van der Waals surface area contributed by atoms with Crippen molar-refractivity contribution < 1.29 is 24.5 Å². The third kappa shape index (κ3) is 2.64. The van der Waals surface area contributed by atoms with Gasteiger partial charge in [-0.05, 0) is 0 Å². The Kier molecular flexibility index (Phi) is 3.75. The molecule has 1 aliphatic heterocycles. The smallest absolute Gasteiger partial charge is 0.328 e. The number of hydrogen-bond acceptors (Lipinski definition) is 6. The summed E-state index contributed by atoms with van der Waals surface area (Å²) in [6.07, 6.45) is -0.758. The van der Waals surface area contributed by atoms with Crippen LogP contribution < -0.4 is 5.56 Å². The first-order chi connectivity index (χ1) is 9.42. The van der Waals surface area contributed by atoms with Crippen molar-refractivity contribution in [2.24, 2.45) is 0 Å². The zero-order chi connectivity index (χ0) is 14.9. The largest absolute Gasteiger partial charge is 0.494 e. The van der Waals surface area contributed by atoms with Crippen LogP contribution in [0.15, 0.2) is 16.9 Å². The molecule has 0 saturated carbocycles. The summed E-state index contributed by atoms with van der Waals surface area (Å²) in [6.45, 7) is -0.0356. The van der Waals surface area contributed by atoms with Crippen molar-refractivity contribution >= 4 is 11.9 Å². The molecule has 2 rings (SSSR count). The number of carbonyl (C=O) groups excluding carboxylic acids is 2. The summed E-state index contributed by atoms with van der Waals surface area (Å²) in [7, 11) is 1.19. The molecule has 8 heteroatoms. The van der Waals surface area contributed by atoms with Crippen LogP contribution in [0.5, 0.6) is 5.88 Å². The van der Waals surface area contributed by atoms with E-state index < -0.39 is 35.5 Å². The van der Waals surface area contributed by atoms with Crippen LogP contribution in [-0.4, -0.2) is 57.8 Å². The van der Waals surface area contributed by atoms with Crippen LogP contribution in [0.25, 0.3) is 0 Å². The Morgan fingerprint density at radius 3 is 2.75 bits per heavy atom. The first-order valence-electron chi connectivity index (χ1n) is 5.92. The molecule has 108 valence electrons. The van der Waals surface area contributed by atoms with Crippen LogP contribution in [0.3, 0.4) is 0 Å². The molecule has 0 bridgehead atoms. The Balaban J connectivity index is 2.31. The molecule has 1 fully saturated rings. The molecule has 8 nitrogen and oxygen atoms in total. The maximum Gasteiger partial charge on any atom is 0.328 e. The van der Waals surface area contributed by atoms with E-state index in [0.717, 1.165) is 17.0 Å². The van der Waals surface area contributed by atoms with Gasteiger partial charge < -0.3 is 19.8 Å². The van der Waals surface area contributed by atoms with Gasteiger partial charge in [-0.1, -0.05) is 0 Å². The zero-order valence-electron chi connectivity index (χ0n) is 10.7. The Morgan fingerprint density at radius 1 is 1.45 bits per heavy atom. The highest BCUT2D eigenvalue weighted by atomic mass is 16.5. The van der Waals surface area contributed by atoms with Gasteiger partial charge in [0.2, 0.25) is 0 Å². The van der Waals surface area contributed by atoms with Crippen molar-refractivity contribution in [1.82, 2.24) is 9.88 Å². The number of nitrogens with one attached hydrogen (secondary N) is 1. The predicted molar refractivity (Wildman–Crippen MR) is 66.2 cm³/mol. The fraction of sp³-hybridized carbons (Fsp3) is 0.417. The van der Waals surface area contributed by atoms with Crippen LogP contribution in [0, 0.1) is 0 Å². The topological polar surface area (TPSA) is 120 Å². The number of H-pyrrole nitrogens is 1. The number of pyridine rings is 1. The first kappa shape index (κ1) is 14.1. The maximum absolute atomic E-state index is 12.3. The van der Waals surface area contributed by atoms with E-state index >= 15 is 0 Å². The van der Waals surface area contributed by atoms with Crippen LogP contribution in [0.4, 0.5) is 0 Å². The second-order valence-electron chi connectivity index (χ2n) is 4.50. The molecule has 0 aromatic carbocycles. The maximum atomic E-state index is 12.3. The lowest BCUT2D eigenvalue weighted by atomic mass is 10.2. The molecular weight excluding hydrogens is 268 g/mol. The molecule has 1 aromatic heterocycles. The average molecular weight is 282 g/mol. The highest BCUT2D eigenvalue weighted by Gasteiger charge is 2.40. The Labute approximate surface area is 113 Å². The van der Waals surface area contributed by atoms with Crippen molar-refractivity contribution in [2.75, 3.05) is 13.7 Å². The molecule has 1 saturated heterocycles. The zero-order valence-corrected chi connectivity index (χ0v) is 10.7. The van der Waals surface area contributed by atoms with Gasteiger partial charge in [0.15, 0.2) is 5.88 Å². The lowest BCUT2D eigenvalue weighted by Crippen LogP contribution is -2.41. The summed E-state index contributed by atoms with van der Waals surface area (Å²) < 4.78 is 4.58. The van der Waals surface area contributed by atoms with E-state index in [4.69, 9.17) is 0 Å². The predicted octanol–water partition coefficient (Wildman–Crippen LogP) is -1.17. The minimum Gasteiger partial charge on any atom is -0.494 e. The molecule has 3 N–H and O–H groups in total. The normalized spacial score (nSPS) is 21.8. The highest BCUT2D eigenvalue weighted by Crippen LogP contribution is 2.22. The number of hydrogen-bond donors (Lipinski definition) is 3. The Morgan fingerprint density at radius 2 is 2.15 bits per heavy atom. The number of aliphatic hydroxyl groups excluding tert-OH is 1. The summed E-state index contributed by atoms with van der Waals surface area (Å²) in [5.41, 5.74) is -0.697. The lowest BCUT2D eigenvalue weighted by molar-refractivity contribution is -0.145. The average Bonchev–Trinajstić information content (AvgIpc) is 2.78. The number of esters is 1. The molecule has 20 heavy (non-hydrogen) atoms. The summed E-state index contributed by atoms with van der Waals surface area (Å²) in [5.74, 6) is -1.71. The van der Waals surface area contributed by atoms with Gasteiger partial charge in [-0.15, -0.1) is 0 Å². The van der Waals surface area contributed by atoms with Gasteiger partial charge >= 0.3 is 5.97 Å². The van der Waals surface area contributed by atoms with E-state index in [1.807, 2.05) is 0 Å². The number of ether oxygens (including phenoxy) is 1. The molecule has 2 unspecified atom stereocenters. The number of amides is 1.